The highest BCUT2D eigenvalue weighted by atomic mass is 127. The van der Waals surface area contributed by atoms with Crippen molar-refractivity contribution in [1.82, 2.24) is 4.72 Å². The van der Waals surface area contributed by atoms with E-state index in [0.29, 0.717) is 14.7 Å². The van der Waals surface area contributed by atoms with E-state index in [9.17, 15) is 21.6 Å². The summed E-state index contributed by atoms with van der Waals surface area (Å²) in [5.41, 5.74) is -1.02. The molecule has 3 nitrogen and oxygen atoms in total. The van der Waals surface area contributed by atoms with E-state index in [2.05, 4.69) is 0 Å². The number of halogens is 4. The first-order valence-corrected chi connectivity index (χ1v) is 10.3. The van der Waals surface area contributed by atoms with Crippen LogP contribution in [0.5, 0.6) is 0 Å². The summed E-state index contributed by atoms with van der Waals surface area (Å²) in [7, 11) is -5.52. The van der Waals surface area contributed by atoms with Gasteiger partial charge in [-0.05, 0) is 84.2 Å². The van der Waals surface area contributed by atoms with E-state index in [1.807, 2.05) is 59.4 Å². The van der Waals surface area contributed by atoms with Crippen molar-refractivity contribution in [2.24, 2.45) is 0 Å². The monoisotopic (exact) mass is 497 g/mol. The van der Waals surface area contributed by atoms with Crippen molar-refractivity contribution in [1.29, 1.82) is 0 Å². The van der Waals surface area contributed by atoms with Gasteiger partial charge in [0, 0.05) is 3.57 Å². The lowest BCUT2D eigenvalue weighted by atomic mass is 9.91. The SMILES string of the molecule is Cc1ccc(C(NS(=O)(=O)C(F)(F)F)c2c(C)cc(C)cc2I)c(C)c1. The molecule has 0 heterocycles. The van der Waals surface area contributed by atoms with Crippen molar-refractivity contribution in [2.75, 3.05) is 0 Å². The molecule has 2 aromatic carbocycles. The maximum atomic E-state index is 13.0. The maximum absolute atomic E-state index is 13.0. The van der Waals surface area contributed by atoms with E-state index < -0.39 is 21.6 Å². The highest BCUT2D eigenvalue weighted by molar-refractivity contribution is 14.1. The van der Waals surface area contributed by atoms with Crippen molar-refractivity contribution in [3.63, 3.8) is 0 Å². The fraction of sp³-hybridized carbons (Fsp3) is 0.333. The fourth-order valence-electron chi connectivity index (χ4n) is 2.94. The van der Waals surface area contributed by atoms with Crippen molar-refractivity contribution in [2.45, 2.75) is 39.2 Å². The quantitative estimate of drug-likeness (QED) is 0.601. The number of hydrogen-bond acceptors (Lipinski definition) is 2. The van der Waals surface area contributed by atoms with E-state index in [-0.39, 0.29) is 0 Å². The minimum Gasteiger partial charge on any atom is -0.203 e. The van der Waals surface area contributed by atoms with Crippen LogP contribution in [0, 0.1) is 31.3 Å². The molecule has 0 saturated heterocycles. The van der Waals surface area contributed by atoms with Crippen LogP contribution in [0.1, 0.15) is 39.4 Å². The van der Waals surface area contributed by atoms with Gasteiger partial charge in [0.25, 0.3) is 0 Å². The fourth-order valence-corrected chi connectivity index (χ4v) is 4.86. The molecule has 2 rings (SSSR count). The third kappa shape index (κ3) is 4.40. The number of aryl methyl sites for hydroxylation is 4. The zero-order valence-electron chi connectivity index (χ0n) is 14.7. The molecule has 0 spiro atoms. The second kappa shape index (κ2) is 7.47. The normalized spacial score (nSPS) is 13.7. The average molecular weight is 497 g/mol. The van der Waals surface area contributed by atoms with Crippen LogP contribution in [0.4, 0.5) is 13.2 Å². The zero-order chi connectivity index (χ0) is 19.9. The Kier molecular flexibility index (Phi) is 6.09. The Morgan fingerprint density at radius 3 is 2.04 bits per heavy atom. The predicted molar refractivity (Wildman–Crippen MR) is 105 cm³/mol. The van der Waals surface area contributed by atoms with Crippen LogP contribution in [0.25, 0.3) is 0 Å². The van der Waals surface area contributed by atoms with Gasteiger partial charge in [0.05, 0.1) is 6.04 Å². The first-order valence-electron chi connectivity index (χ1n) is 7.76. The van der Waals surface area contributed by atoms with E-state index in [1.165, 1.54) is 0 Å². The van der Waals surface area contributed by atoms with Crippen LogP contribution in [0.2, 0.25) is 0 Å². The summed E-state index contributed by atoms with van der Waals surface area (Å²) in [6.45, 7) is 7.27. The third-order valence-corrected chi connectivity index (χ3v) is 6.13. The zero-order valence-corrected chi connectivity index (χ0v) is 17.7. The Morgan fingerprint density at radius 1 is 0.962 bits per heavy atom. The number of hydrogen-bond donors (Lipinski definition) is 1. The van der Waals surface area contributed by atoms with Gasteiger partial charge in [0.15, 0.2) is 0 Å². The summed E-state index contributed by atoms with van der Waals surface area (Å²) in [5, 5.41) is 0. The van der Waals surface area contributed by atoms with Crippen LogP contribution in [-0.2, 0) is 10.0 Å². The van der Waals surface area contributed by atoms with Gasteiger partial charge in [0.1, 0.15) is 0 Å². The molecule has 1 atom stereocenters. The summed E-state index contributed by atoms with van der Waals surface area (Å²) < 4.78 is 65.3. The van der Waals surface area contributed by atoms with Gasteiger partial charge in [-0.25, -0.2) is 8.42 Å². The first kappa shape index (κ1) is 21.2. The number of benzene rings is 2. The Labute approximate surface area is 165 Å². The lowest BCUT2D eigenvalue weighted by molar-refractivity contribution is -0.0450. The highest BCUT2D eigenvalue weighted by Gasteiger charge is 2.47. The Bertz CT molecular complexity index is 917. The maximum Gasteiger partial charge on any atom is 0.511 e. The molecule has 0 aliphatic carbocycles. The number of sulfonamides is 1. The molecule has 0 amide bonds. The van der Waals surface area contributed by atoms with Gasteiger partial charge in [-0.15, -0.1) is 0 Å². The van der Waals surface area contributed by atoms with Gasteiger partial charge in [-0.2, -0.15) is 17.9 Å². The minimum absolute atomic E-state index is 0.494. The van der Waals surface area contributed by atoms with Crippen LogP contribution in [0.3, 0.4) is 0 Å². The van der Waals surface area contributed by atoms with Crippen molar-refractivity contribution in [3.8, 4) is 0 Å². The molecule has 1 unspecified atom stereocenters. The molecule has 0 aliphatic heterocycles. The lowest BCUT2D eigenvalue weighted by Gasteiger charge is -2.25. The van der Waals surface area contributed by atoms with Gasteiger partial charge in [0.2, 0.25) is 0 Å². The molecule has 26 heavy (non-hydrogen) atoms. The van der Waals surface area contributed by atoms with Crippen molar-refractivity contribution < 1.29 is 21.6 Å². The highest BCUT2D eigenvalue weighted by Crippen LogP contribution is 2.35. The molecule has 0 aromatic heterocycles. The molecular weight excluding hydrogens is 478 g/mol. The first-order chi connectivity index (χ1) is 11.8. The minimum atomic E-state index is -5.52. The molecular formula is C18H19F3INO2S. The molecule has 0 saturated carbocycles. The van der Waals surface area contributed by atoms with Crippen molar-refractivity contribution >= 4 is 32.6 Å². The number of alkyl halides is 3. The summed E-state index contributed by atoms with van der Waals surface area (Å²) in [6, 6.07) is 7.77. The van der Waals surface area contributed by atoms with E-state index in [0.717, 1.165) is 22.3 Å². The van der Waals surface area contributed by atoms with Gasteiger partial charge in [-0.1, -0.05) is 29.8 Å². The van der Waals surface area contributed by atoms with Gasteiger partial charge >= 0.3 is 15.5 Å². The Hall–Kier alpha value is -1.13. The van der Waals surface area contributed by atoms with Crippen LogP contribution >= 0.6 is 22.6 Å². The second-order valence-electron chi connectivity index (χ2n) is 6.34. The van der Waals surface area contributed by atoms with E-state index in [1.54, 1.807) is 26.0 Å². The molecule has 2 aromatic rings. The van der Waals surface area contributed by atoms with E-state index >= 15 is 0 Å². The average Bonchev–Trinajstić information content (AvgIpc) is 2.43. The lowest BCUT2D eigenvalue weighted by Crippen LogP contribution is -2.39. The summed E-state index contributed by atoms with van der Waals surface area (Å²) >= 11 is 2.03. The van der Waals surface area contributed by atoms with Crippen molar-refractivity contribution in [3.05, 3.63) is 67.3 Å². The largest absolute Gasteiger partial charge is 0.511 e. The number of nitrogens with one attached hydrogen (secondary N) is 1. The molecule has 8 heteroatoms. The third-order valence-electron chi connectivity index (χ3n) is 4.08. The Balaban J connectivity index is 2.72. The molecule has 0 fully saturated rings. The topological polar surface area (TPSA) is 46.2 Å². The molecule has 0 aliphatic rings. The predicted octanol–water partition coefficient (Wildman–Crippen LogP) is 5.05. The van der Waals surface area contributed by atoms with Gasteiger partial charge in [-0.3, -0.25) is 0 Å². The van der Waals surface area contributed by atoms with Crippen LogP contribution in [-0.4, -0.2) is 13.9 Å². The Morgan fingerprint density at radius 2 is 1.54 bits per heavy atom. The summed E-state index contributed by atoms with van der Waals surface area (Å²) in [5.74, 6) is 0. The van der Waals surface area contributed by atoms with Crippen LogP contribution in [0.15, 0.2) is 30.3 Å². The molecule has 142 valence electrons. The number of rotatable bonds is 4. The van der Waals surface area contributed by atoms with Gasteiger partial charge < -0.3 is 0 Å². The second-order valence-corrected chi connectivity index (χ2v) is 9.21. The molecule has 1 N–H and O–H groups in total. The standard InChI is InChI=1S/C18H19F3INO2S/c1-10-5-6-14(12(3)7-10)17(23-26(24,25)18(19,20)21)16-13(4)8-11(2)9-15(16)22/h5-9,17,23H,1-4H3. The van der Waals surface area contributed by atoms with E-state index in [4.69, 9.17) is 0 Å². The van der Waals surface area contributed by atoms with Crippen LogP contribution < -0.4 is 4.72 Å². The molecule has 0 radical (unpaired) electrons. The summed E-state index contributed by atoms with van der Waals surface area (Å²) in [4.78, 5) is 0. The summed E-state index contributed by atoms with van der Waals surface area (Å²) in [6.07, 6.45) is 0. The molecule has 0 bridgehead atoms. The smallest absolute Gasteiger partial charge is 0.203 e.